The Balaban J connectivity index is 4.40. The Bertz CT molecular complexity index is 271. The van der Waals surface area contributed by atoms with Crippen molar-refractivity contribution in [2.45, 2.75) is 58.0 Å². The Kier molecular flexibility index (Phi) is 6.87. The maximum Gasteiger partial charge on any atom is 0.192 e. The van der Waals surface area contributed by atoms with Crippen LogP contribution in [0, 0.1) is 0 Å². The lowest BCUT2D eigenvalue weighted by Gasteiger charge is -2.37. The van der Waals surface area contributed by atoms with Gasteiger partial charge in [-0.15, -0.1) is 0 Å². The molecule has 0 aromatic rings. The zero-order chi connectivity index (χ0) is 13.9. The van der Waals surface area contributed by atoms with E-state index in [4.69, 9.17) is 4.43 Å². The summed E-state index contributed by atoms with van der Waals surface area (Å²) >= 11 is 2.05. The smallest absolute Gasteiger partial charge is 0.192 e. The van der Waals surface area contributed by atoms with Gasteiger partial charge in [-0.05, 0) is 34.7 Å². The van der Waals surface area contributed by atoms with Gasteiger partial charge in [0, 0.05) is 0 Å². The molecule has 0 aliphatic carbocycles. The van der Waals surface area contributed by atoms with Gasteiger partial charge < -0.3 is 14.6 Å². The lowest BCUT2D eigenvalue weighted by Crippen LogP contribution is -2.44. The number of aliphatic hydroxyl groups excluding tert-OH is 2. The highest BCUT2D eigenvalue weighted by Crippen LogP contribution is 2.36. The molecule has 2 N–H and O–H groups in total. The molecule has 0 fully saturated rings. The van der Waals surface area contributed by atoms with Crippen LogP contribution in [0.15, 0.2) is 9.66 Å². The third kappa shape index (κ3) is 5.38. The van der Waals surface area contributed by atoms with Gasteiger partial charge in [0.05, 0.1) is 6.61 Å². The van der Waals surface area contributed by atoms with Crippen LogP contribution in [0.2, 0.25) is 18.1 Å². The molecule has 0 amide bonds. The van der Waals surface area contributed by atoms with Crippen molar-refractivity contribution >= 4 is 30.9 Å². The van der Waals surface area contributed by atoms with Crippen molar-refractivity contribution in [3.05, 3.63) is 9.66 Å². The van der Waals surface area contributed by atoms with Gasteiger partial charge in [0.15, 0.2) is 8.32 Å². The third-order valence-corrected chi connectivity index (χ3v) is 8.91. The first kappa shape index (κ1) is 17.6. The maximum absolute atomic E-state index is 9.85. The highest BCUT2D eigenvalue weighted by Gasteiger charge is 2.38. The van der Waals surface area contributed by atoms with Crippen LogP contribution in [0.25, 0.3) is 0 Å². The van der Waals surface area contributed by atoms with E-state index in [2.05, 4.69) is 56.5 Å². The molecule has 0 aromatic heterocycles. The summed E-state index contributed by atoms with van der Waals surface area (Å²) in [6.07, 6.45) is -1.69. The minimum Gasteiger partial charge on any atom is -0.414 e. The van der Waals surface area contributed by atoms with E-state index in [1.54, 1.807) is 11.0 Å². The third-order valence-electron chi connectivity index (χ3n) is 3.42. The van der Waals surface area contributed by atoms with E-state index in [1.165, 1.54) is 0 Å². The zero-order valence-corrected chi connectivity index (χ0v) is 14.8. The largest absolute Gasteiger partial charge is 0.414 e. The zero-order valence-electron chi connectivity index (χ0n) is 11.6. The summed E-state index contributed by atoms with van der Waals surface area (Å²) in [6.45, 7) is 12.7. The van der Waals surface area contributed by atoms with Crippen LogP contribution in [0.3, 0.4) is 0 Å². The van der Waals surface area contributed by atoms with E-state index in [-0.39, 0.29) is 11.6 Å². The minimum absolute atomic E-state index is 0.117. The van der Waals surface area contributed by atoms with Crippen molar-refractivity contribution in [1.29, 1.82) is 0 Å². The molecule has 0 aliphatic heterocycles. The molecule has 0 unspecified atom stereocenters. The van der Waals surface area contributed by atoms with Crippen LogP contribution in [0.1, 0.15) is 27.7 Å². The molecule has 5 heteroatoms. The summed E-state index contributed by atoms with van der Waals surface area (Å²) in [4.78, 5) is 0. The summed E-state index contributed by atoms with van der Waals surface area (Å²) in [5, 5.41) is 19.8. The molecule has 0 saturated carbocycles. The molecule has 0 radical (unpaired) electrons. The SMILES string of the molecule is C/C(=C\I)[C@@H](O)[C@H](O)CO[Si](C)(C)C(C)(C)C. The van der Waals surface area contributed by atoms with Gasteiger partial charge in [-0.25, -0.2) is 0 Å². The van der Waals surface area contributed by atoms with E-state index in [1.807, 2.05) is 0 Å². The predicted molar refractivity (Wildman–Crippen MR) is 82.9 cm³/mol. The second-order valence-electron chi connectivity index (χ2n) is 5.94. The molecule has 0 spiro atoms. The van der Waals surface area contributed by atoms with Crippen molar-refractivity contribution in [3.8, 4) is 0 Å². The van der Waals surface area contributed by atoms with Gasteiger partial charge in [0.25, 0.3) is 0 Å². The molecular formula is C12H25IO3Si. The lowest BCUT2D eigenvalue weighted by molar-refractivity contribution is 0.00771. The molecule has 17 heavy (non-hydrogen) atoms. The number of halogens is 1. The van der Waals surface area contributed by atoms with E-state index >= 15 is 0 Å². The Morgan fingerprint density at radius 3 is 2.18 bits per heavy atom. The van der Waals surface area contributed by atoms with E-state index in [9.17, 15) is 10.2 Å². The van der Waals surface area contributed by atoms with Crippen LogP contribution in [-0.4, -0.2) is 37.3 Å². The first-order chi connectivity index (χ1) is 7.53. The Labute approximate surface area is 120 Å². The van der Waals surface area contributed by atoms with Crippen molar-refractivity contribution in [2.75, 3.05) is 6.61 Å². The summed E-state index contributed by atoms with van der Waals surface area (Å²) in [5.74, 6) is 0. The average Bonchev–Trinajstić information content (AvgIpc) is 2.22. The van der Waals surface area contributed by atoms with Crippen molar-refractivity contribution in [3.63, 3.8) is 0 Å². The highest BCUT2D eigenvalue weighted by atomic mass is 127. The number of aliphatic hydroxyl groups is 2. The molecular weight excluding hydrogens is 347 g/mol. The van der Waals surface area contributed by atoms with Crippen molar-refractivity contribution < 1.29 is 14.6 Å². The Morgan fingerprint density at radius 2 is 1.82 bits per heavy atom. The summed E-state index contributed by atoms with van der Waals surface area (Å²) in [7, 11) is -1.85. The fourth-order valence-electron chi connectivity index (χ4n) is 0.969. The molecule has 0 rings (SSSR count). The van der Waals surface area contributed by atoms with Gasteiger partial charge in [0.1, 0.15) is 12.2 Å². The van der Waals surface area contributed by atoms with Crippen LogP contribution in [0.5, 0.6) is 0 Å². The average molecular weight is 372 g/mol. The van der Waals surface area contributed by atoms with E-state index in [0.29, 0.717) is 0 Å². The predicted octanol–water partition coefficient (Wildman–Crippen LogP) is 3.07. The van der Waals surface area contributed by atoms with Crippen LogP contribution in [0.4, 0.5) is 0 Å². The number of rotatable bonds is 5. The van der Waals surface area contributed by atoms with Crippen molar-refractivity contribution in [1.82, 2.24) is 0 Å². The topological polar surface area (TPSA) is 49.7 Å². The van der Waals surface area contributed by atoms with E-state index < -0.39 is 20.5 Å². The standard InChI is InChI=1S/C12H25IO3Si/c1-9(7-13)11(15)10(14)8-16-17(5,6)12(2,3)4/h7,10-11,14-15H,8H2,1-6H3/b9-7+/t10-,11-/m1/s1. The molecule has 2 atom stereocenters. The molecule has 0 bridgehead atoms. The normalized spacial score (nSPS) is 18.1. The quantitative estimate of drug-likeness (QED) is 0.576. The van der Waals surface area contributed by atoms with Gasteiger partial charge in [-0.3, -0.25) is 0 Å². The minimum atomic E-state index is -1.85. The first-order valence-electron chi connectivity index (χ1n) is 5.80. The van der Waals surface area contributed by atoms with Gasteiger partial charge in [0.2, 0.25) is 0 Å². The molecule has 0 aromatic carbocycles. The van der Waals surface area contributed by atoms with E-state index in [0.717, 1.165) is 5.57 Å². The van der Waals surface area contributed by atoms with Gasteiger partial charge in [-0.1, -0.05) is 43.4 Å². The van der Waals surface area contributed by atoms with Gasteiger partial charge >= 0.3 is 0 Å². The molecule has 0 heterocycles. The fourth-order valence-corrected chi connectivity index (χ4v) is 2.36. The van der Waals surface area contributed by atoms with Gasteiger partial charge in [-0.2, -0.15) is 0 Å². The first-order valence-corrected chi connectivity index (χ1v) is 9.95. The number of hydrogen-bond acceptors (Lipinski definition) is 3. The van der Waals surface area contributed by atoms with Crippen LogP contribution >= 0.6 is 22.6 Å². The lowest BCUT2D eigenvalue weighted by atomic mass is 10.1. The van der Waals surface area contributed by atoms with Crippen LogP contribution < -0.4 is 0 Å². The molecule has 0 saturated heterocycles. The second-order valence-corrected chi connectivity index (χ2v) is 11.4. The second kappa shape index (κ2) is 6.65. The summed E-state index contributed by atoms with van der Waals surface area (Å²) < 4.78 is 7.65. The summed E-state index contributed by atoms with van der Waals surface area (Å²) in [6, 6.07) is 0. The van der Waals surface area contributed by atoms with Crippen molar-refractivity contribution in [2.24, 2.45) is 0 Å². The highest BCUT2D eigenvalue weighted by molar-refractivity contribution is 14.1. The fraction of sp³-hybridized carbons (Fsp3) is 0.833. The Morgan fingerprint density at radius 1 is 1.35 bits per heavy atom. The monoisotopic (exact) mass is 372 g/mol. The molecule has 3 nitrogen and oxygen atoms in total. The maximum atomic E-state index is 9.85. The number of hydrogen-bond donors (Lipinski definition) is 2. The van der Waals surface area contributed by atoms with Crippen LogP contribution in [-0.2, 0) is 4.43 Å². The molecule has 102 valence electrons. The summed E-state index contributed by atoms with van der Waals surface area (Å²) in [5.41, 5.74) is 0.761. The molecule has 0 aliphatic rings. The Hall–Kier alpha value is 0.567.